The molecule has 0 saturated carbocycles. The molecule has 1 atom stereocenters. The predicted molar refractivity (Wildman–Crippen MR) is 83.9 cm³/mol. The number of hydrogen-bond donors (Lipinski definition) is 1. The van der Waals surface area contributed by atoms with E-state index in [0.717, 1.165) is 17.5 Å². The topological polar surface area (TPSA) is 42.4 Å². The van der Waals surface area contributed by atoms with Gasteiger partial charge in [-0.05, 0) is 29.8 Å². The lowest BCUT2D eigenvalue weighted by Crippen LogP contribution is -2.17. The molecule has 3 aromatic rings. The zero-order valence-electron chi connectivity index (χ0n) is 12.1. The summed E-state index contributed by atoms with van der Waals surface area (Å²) in [5.41, 5.74) is 1.29. The third-order valence-corrected chi connectivity index (χ3v) is 3.71. The summed E-state index contributed by atoms with van der Waals surface area (Å²) in [6.45, 7) is 0. The summed E-state index contributed by atoms with van der Waals surface area (Å²) in [6.07, 6.45) is -5.85. The minimum absolute atomic E-state index is 0.347. The van der Waals surface area contributed by atoms with Crippen LogP contribution in [0.2, 0.25) is 5.02 Å². The second kappa shape index (κ2) is 6.30. The molecule has 3 nitrogen and oxygen atoms in total. The summed E-state index contributed by atoms with van der Waals surface area (Å²) in [5.74, 6) is -0.354. The minimum atomic E-state index is -4.75. The number of benzene rings is 2. The van der Waals surface area contributed by atoms with E-state index < -0.39 is 12.5 Å². The van der Waals surface area contributed by atoms with Crippen LogP contribution in [0, 0.1) is 0 Å². The van der Waals surface area contributed by atoms with E-state index in [4.69, 9.17) is 11.6 Å². The first-order valence-corrected chi connectivity index (χ1v) is 7.30. The highest BCUT2D eigenvalue weighted by atomic mass is 35.5. The molecule has 1 N–H and O–H groups in total. The Labute approximate surface area is 140 Å². The van der Waals surface area contributed by atoms with Crippen molar-refractivity contribution in [2.24, 2.45) is 0 Å². The largest absolute Gasteiger partial charge is 0.573 e. The first-order chi connectivity index (χ1) is 11.3. The van der Waals surface area contributed by atoms with E-state index >= 15 is 0 Å². The number of nitrogens with zero attached hydrogens (tertiary/aromatic N) is 1. The molecule has 0 fully saturated rings. The molecule has 0 aliphatic heterocycles. The summed E-state index contributed by atoms with van der Waals surface area (Å²) in [5, 5.41) is 11.7. The number of aliphatic hydroxyl groups excluding tert-OH is 1. The fourth-order valence-corrected chi connectivity index (χ4v) is 2.52. The lowest BCUT2D eigenvalue weighted by Gasteiger charge is -2.13. The van der Waals surface area contributed by atoms with Crippen molar-refractivity contribution in [3.05, 3.63) is 70.9 Å². The molecule has 3 rings (SSSR count). The van der Waals surface area contributed by atoms with E-state index in [1.807, 2.05) is 6.07 Å². The van der Waals surface area contributed by atoms with E-state index in [2.05, 4.69) is 9.72 Å². The van der Waals surface area contributed by atoms with Crippen LogP contribution >= 0.6 is 11.6 Å². The highest BCUT2D eigenvalue weighted by Gasteiger charge is 2.31. The number of pyridine rings is 1. The standard InChI is InChI=1S/C17H11ClF3NO2/c18-13-3-1-2-10-6-9-14(22-15(10)13)16(23)11-4-7-12(8-5-11)24-17(19,20)21/h1-9,16,23H. The van der Waals surface area contributed by atoms with Crippen molar-refractivity contribution < 1.29 is 23.0 Å². The van der Waals surface area contributed by atoms with Crippen molar-refractivity contribution >= 4 is 22.5 Å². The van der Waals surface area contributed by atoms with E-state index in [-0.39, 0.29) is 5.75 Å². The molecule has 0 spiro atoms. The Kier molecular flexibility index (Phi) is 4.34. The number of para-hydroxylation sites is 1. The lowest BCUT2D eigenvalue weighted by atomic mass is 10.0. The van der Waals surface area contributed by atoms with Crippen molar-refractivity contribution in [1.29, 1.82) is 0 Å². The van der Waals surface area contributed by atoms with Crippen LogP contribution in [0.15, 0.2) is 54.6 Å². The smallest absolute Gasteiger partial charge is 0.406 e. The van der Waals surface area contributed by atoms with Crippen LogP contribution in [0.4, 0.5) is 13.2 Å². The van der Waals surface area contributed by atoms with Gasteiger partial charge in [0.25, 0.3) is 0 Å². The van der Waals surface area contributed by atoms with Crippen LogP contribution < -0.4 is 4.74 Å². The van der Waals surface area contributed by atoms with E-state index in [9.17, 15) is 18.3 Å². The Hall–Kier alpha value is -2.31. The third-order valence-electron chi connectivity index (χ3n) is 3.40. The molecular weight excluding hydrogens is 343 g/mol. The normalized spacial score (nSPS) is 13.0. The van der Waals surface area contributed by atoms with Crippen LogP contribution in [0.5, 0.6) is 5.75 Å². The number of hydrogen-bond acceptors (Lipinski definition) is 3. The molecule has 124 valence electrons. The van der Waals surface area contributed by atoms with Gasteiger partial charge >= 0.3 is 6.36 Å². The zero-order chi connectivity index (χ0) is 17.3. The van der Waals surface area contributed by atoms with Crippen molar-refractivity contribution in [2.75, 3.05) is 0 Å². The quantitative estimate of drug-likeness (QED) is 0.730. The molecular formula is C17H11ClF3NO2. The third kappa shape index (κ3) is 3.60. The number of ether oxygens (including phenoxy) is 1. The molecule has 0 saturated heterocycles. The summed E-state index contributed by atoms with van der Waals surface area (Å²) in [4.78, 5) is 4.34. The maximum atomic E-state index is 12.2. The van der Waals surface area contributed by atoms with Gasteiger partial charge in [0.05, 0.1) is 16.2 Å². The molecule has 0 bridgehead atoms. The average molecular weight is 354 g/mol. The molecule has 1 heterocycles. The first-order valence-electron chi connectivity index (χ1n) is 6.92. The van der Waals surface area contributed by atoms with Crippen LogP contribution in [0.3, 0.4) is 0 Å². The fraction of sp³-hybridized carbons (Fsp3) is 0.118. The molecule has 0 amide bonds. The molecule has 0 aliphatic rings. The predicted octanol–water partition coefficient (Wildman–Crippen LogP) is 4.87. The Balaban J connectivity index is 1.88. The second-order valence-electron chi connectivity index (χ2n) is 5.07. The number of fused-ring (bicyclic) bond motifs is 1. The molecule has 1 aromatic heterocycles. The van der Waals surface area contributed by atoms with Crippen LogP contribution in [0.25, 0.3) is 10.9 Å². The fourth-order valence-electron chi connectivity index (χ4n) is 2.30. The van der Waals surface area contributed by atoms with Gasteiger partial charge in [-0.2, -0.15) is 0 Å². The van der Waals surface area contributed by atoms with Gasteiger partial charge in [0.2, 0.25) is 0 Å². The zero-order valence-corrected chi connectivity index (χ0v) is 12.8. The Morgan fingerprint density at radius 3 is 2.38 bits per heavy atom. The number of aliphatic hydroxyl groups is 1. The monoisotopic (exact) mass is 353 g/mol. The van der Waals surface area contributed by atoms with E-state index in [1.165, 1.54) is 12.1 Å². The molecule has 2 aromatic carbocycles. The number of rotatable bonds is 3. The Morgan fingerprint density at radius 2 is 1.71 bits per heavy atom. The van der Waals surface area contributed by atoms with Gasteiger partial charge < -0.3 is 9.84 Å². The summed E-state index contributed by atoms with van der Waals surface area (Å²) >= 11 is 6.09. The van der Waals surface area contributed by atoms with Crippen molar-refractivity contribution in [2.45, 2.75) is 12.5 Å². The molecule has 24 heavy (non-hydrogen) atoms. The van der Waals surface area contributed by atoms with Gasteiger partial charge in [0.15, 0.2) is 0 Å². The first kappa shape index (κ1) is 16.5. The highest BCUT2D eigenvalue weighted by molar-refractivity contribution is 6.35. The molecule has 0 aliphatic carbocycles. The Morgan fingerprint density at radius 1 is 1.00 bits per heavy atom. The molecule has 7 heteroatoms. The van der Waals surface area contributed by atoms with Crippen LogP contribution in [-0.4, -0.2) is 16.5 Å². The Bertz CT molecular complexity index is 866. The summed E-state index contributed by atoms with van der Waals surface area (Å²) < 4.78 is 40.3. The lowest BCUT2D eigenvalue weighted by molar-refractivity contribution is -0.274. The maximum Gasteiger partial charge on any atom is 0.573 e. The highest BCUT2D eigenvalue weighted by Crippen LogP contribution is 2.28. The number of aromatic nitrogens is 1. The van der Waals surface area contributed by atoms with Gasteiger partial charge in [-0.1, -0.05) is 41.9 Å². The van der Waals surface area contributed by atoms with Crippen LogP contribution in [0.1, 0.15) is 17.4 Å². The van der Waals surface area contributed by atoms with Gasteiger partial charge in [-0.15, -0.1) is 13.2 Å². The average Bonchev–Trinajstić information content (AvgIpc) is 2.53. The van der Waals surface area contributed by atoms with Crippen LogP contribution in [-0.2, 0) is 0 Å². The number of halogens is 4. The van der Waals surface area contributed by atoms with E-state index in [0.29, 0.717) is 21.8 Å². The van der Waals surface area contributed by atoms with Gasteiger partial charge in [0, 0.05) is 5.39 Å². The van der Waals surface area contributed by atoms with Crippen molar-refractivity contribution in [3.8, 4) is 5.75 Å². The number of alkyl halides is 3. The SMILES string of the molecule is OC(c1ccc(OC(F)(F)F)cc1)c1ccc2cccc(Cl)c2n1. The molecule has 1 unspecified atom stereocenters. The van der Waals surface area contributed by atoms with Crippen molar-refractivity contribution in [1.82, 2.24) is 4.98 Å². The van der Waals surface area contributed by atoms with Gasteiger partial charge in [-0.3, -0.25) is 0 Å². The van der Waals surface area contributed by atoms with E-state index in [1.54, 1.807) is 24.3 Å². The second-order valence-corrected chi connectivity index (χ2v) is 5.47. The van der Waals surface area contributed by atoms with Gasteiger partial charge in [0.1, 0.15) is 11.9 Å². The summed E-state index contributed by atoms with van der Waals surface area (Å²) in [6, 6.07) is 13.7. The molecule has 0 radical (unpaired) electrons. The minimum Gasteiger partial charge on any atom is -0.406 e. The maximum absolute atomic E-state index is 12.2. The van der Waals surface area contributed by atoms with Gasteiger partial charge in [-0.25, -0.2) is 4.98 Å². The van der Waals surface area contributed by atoms with Crippen molar-refractivity contribution in [3.63, 3.8) is 0 Å². The summed E-state index contributed by atoms with van der Waals surface area (Å²) in [7, 11) is 0.